The van der Waals surface area contributed by atoms with Crippen LogP contribution >= 0.6 is 0 Å². The molecule has 190 valence electrons. The van der Waals surface area contributed by atoms with Crippen molar-refractivity contribution in [2.24, 2.45) is 46.3 Å². The second-order valence-electron chi connectivity index (χ2n) is 12.9. The van der Waals surface area contributed by atoms with E-state index < -0.39 is 0 Å². The van der Waals surface area contributed by atoms with Crippen LogP contribution in [0.1, 0.15) is 77.0 Å². The molecule has 0 unspecified atom stereocenters. The molecule has 0 heteroatoms. The highest BCUT2D eigenvalue weighted by atomic mass is 14.5. The van der Waals surface area contributed by atoms with Crippen molar-refractivity contribution in [3.63, 3.8) is 0 Å². The third-order valence-corrected chi connectivity index (χ3v) is 9.79. The first kappa shape index (κ1) is 25.9. The van der Waals surface area contributed by atoms with Gasteiger partial charge in [0.15, 0.2) is 0 Å². The Bertz CT molecular complexity index is 1510. The Labute approximate surface area is 241 Å². The van der Waals surface area contributed by atoms with Crippen molar-refractivity contribution in [2.45, 2.75) is 77.0 Å². The largest absolute Gasteiger partial charge is 0.0822 e. The van der Waals surface area contributed by atoms with Gasteiger partial charge in [-0.2, -0.15) is 0 Å². The van der Waals surface area contributed by atoms with E-state index in [9.17, 15) is 0 Å². The zero-order chi connectivity index (χ0) is 27.1. The topological polar surface area (TPSA) is 0 Å². The molecule has 8 rings (SSSR count). The van der Waals surface area contributed by atoms with Gasteiger partial charge in [0.05, 0.1) is 0 Å². The van der Waals surface area contributed by atoms with Crippen LogP contribution in [0.2, 0.25) is 0 Å². The van der Waals surface area contributed by atoms with Crippen molar-refractivity contribution in [3.05, 3.63) is 0 Å². The summed E-state index contributed by atoms with van der Waals surface area (Å²) >= 11 is 0. The third kappa shape index (κ3) is 6.42. The molecule has 0 radical (unpaired) electrons. The van der Waals surface area contributed by atoms with E-state index in [1.165, 1.54) is 77.0 Å². The lowest BCUT2D eigenvalue weighted by atomic mass is 9.50. The van der Waals surface area contributed by atoms with Gasteiger partial charge in [-0.15, -0.1) is 0 Å². The Hall–Kier alpha value is -4.40. The summed E-state index contributed by atoms with van der Waals surface area (Å²) in [6.07, 6.45) is 16.2. The van der Waals surface area contributed by atoms with Crippen LogP contribution in [0.3, 0.4) is 0 Å². The molecule has 8 fully saturated rings. The van der Waals surface area contributed by atoms with Gasteiger partial charge in [0.25, 0.3) is 0 Å². The zero-order valence-corrected chi connectivity index (χ0v) is 22.9. The summed E-state index contributed by atoms with van der Waals surface area (Å²) in [4.78, 5) is 0. The van der Waals surface area contributed by atoms with Gasteiger partial charge in [0.1, 0.15) is 0 Å². The van der Waals surface area contributed by atoms with Gasteiger partial charge in [-0.05, 0) is 207 Å². The van der Waals surface area contributed by atoms with E-state index in [0.717, 1.165) is 35.5 Å². The molecule has 0 aromatic carbocycles. The van der Waals surface area contributed by atoms with E-state index >= 15 is 0 Å². The normalized spacial score (nSPS) is 35.0. The maximum Gasteiger partial charge on any atom is 0.0332 e. The van der Waals surface area contributed by atoms with Gasteiger partial charge in [-0.3, -0.25) is 0 Å². The highest BCUT2D eigenvalue weighted by molar-refractivity contribution is 5.47. The molecule has 0 aliphatic heterocycles. The molecule has 0 nitrogen and oxygen atoms in total. The average Bonchev–Trinajstić information content (AvgIpc) is 2.90. The number of rotatable bonds is 0. The maximum atomic E-state index is 3.51. The molecule has 0 spiro atoms. The predicted molar refractivity (Wildman–Crippen MR) is 159 cm³/mol. The first-order valence-corrected chi connectivity index (χ1v) is 14.7. The molecule has 8 bridgehead atoms. The molecule has 40 heavy (non-hydrogen) atoms. The lowest BCUT2D eigenvalue weighted by Crippen LogP contribution is -2.45. The molecule has 0 amide bonds. The van der Waals surface area contributed by atoms with Gasteiger partial charge in [0.2, 0.25) is 0 Å². The molecular formula is C40H30. The van der Waals surface area contributed by atoms with Crippen LogP contribution in [-0.2, 0) is 0 Å². The molecule has 0 N–H and O–H groups in total. The second-order valence-corrected chi connectivity index (χ2v) is 12.9. The van der Waals surface area contributed by atoms with Gasteiger partial charge in [-0.1, -0.05) is 11.8 Å². The molecule has 8 aliphatic rings. The lowest BCUT2D eigenvalue weighted by Gasteiger charge is -2.54. The fraction of sp³-hybridized carbons (Fsp3) is 0.500. The summed E-state index contributed by atoms with van der Waals surface area (Å²) in [5, 5.41) is 0. The molecule has 0 aromatic heterocycles. The van der Waals surface area contributed by atoms with E-state index in [-0.39, 0.29) is 10.8 Å². The second kappa shape index (κ2) is 11.8. The summed E-state index contributed by atoms with van der Waals surface area (Å²) < 4.78 is 0. The minimum Gasteiger partial charge on any atom is -0.0822 e. The number of hydrogen-bond donors (Lipinski definition) is 0. The Kier molecular flexibility index (Phi) is 7.61. The molecule has 8 aliphatic carbocycles. The monoisotopic (exact) mass is 510 g/mol. The van der Waals surface area contributed by atoms with Crippen LogP contribution < -0.4 is 0 Å². The van der Waals surface area contributed by atoms with Gasteiger partial charge in [0, 0.05) is 22.7 Å². The maximum absolute atomic E-state index is 3.51. The van der Waals surface area contributed by atoms with E-state index in [1.54, 1.807) is 0 Å². The van der Waals surface area contributed by atoms with Crippen LogP contribution in [0.25, 0.3) is 0 Å². The summed E-state index contributed by atoms with van der Waals surface area (Å²) in [5.41, 5.74) is 0.474. The highest BCUT2D eigenvalue weighted by Gasteiger charge is 2.51. The lowest BCUT2D eigenvalue weighted by molar-refractivity contribution is -0.0182. The van der Waals surface area contributed by atoms with Crippen molar-refractivity contribution in [1.82, 2.24) is 0 Å². The Morgan fingerprint density at radius 3 is 0.625 bits per heavy atom. The van der Waals surface area contributed by atoms with E-state index in [1.807, 2.05) is 0 Å². The van der Waals surface area contributed by atoms with Crippen molar-refractivity contribution < 1.29 is 0 Å². The minimum absolute atomic E-state index is 0.237. The molecule has 0 heterocycles. The molecule has 8 saturated carbocycles. The van der Waals surface area contributed by atoms with Crippen LogP contribution in [0.5, 0.6) is 0 Å². The molecule has 0 atom stereocenters. The van der Waals surface area contributed by atoms with Gasteiger partial charge >= 0.3 is 0 Å². The summed E-state index contributed by atoms with van der Waals surface area (Å²) in [7, 11) is 0. The minimum atomic E-state index is 0.237. The molecule has 0 saturated heterocycles. The van der Waals surface area contributed by atoms with Crippen LogP contribution in [0.15, 0.2) is 0 Å². The Balaban J connectivity index is 0.915. The SMILES string of the molecule is C(C#CC#CC#CC#CC#CC12CC3CC(CC(C3)C1)C2)#CC#CC#CC#CC#CC12CC3CC(CC(C3)C1)C2. The fourth-order valence-electron chi connectivity index (χ4n) is 9.36. The zero-order valence-electron chi connectivity index (χ0n) is 22.9. The predicted octanol–water partition coefficient (Wildman–Crippen LogP) is 5.45. The quantitative estimate of drug-likeness (QED) is 0.380. The molecular weight excluding hydrogens is 480 g/mol. The van der Waals surface area contributed by atoms with Crippen LogP contribution in [-0.4, -0.2) is 0 Å². The number of hydrogen-bond acceptors (Lipinski definition) is 0. The van der Waals surface area contributed by atoms with Crippen molar-refractivity contribution in [1.29, 1.82) is 0 Å². The molecule has 0 aromatic rings. The average molecular weight is 511 g/mol. The van der Waals surface area contributed by atoms with E-state index in [2.05, 4.69) is 118 Å². The summed E-state index contributed by atoms with van der Waals surface area (Å²) in [6.45, 7) is 0. The van der Waals surface area contributed by atoms with Crippen molar-refractivity contribution in [3.8, 4) is 118 Å². The Morgan fingerprint density at radius 2 is 0.425 bits per heavy atom. The fourth-order valence-corrected chi connectivity index (χ4v) is 9.36. The first-order valence-electron chi connectivity index (χ1n) is 14.7. The highest BCUT2D eigenvalue weighted by Crippen LogP contribution is 2.60. The van der Waals surface area contributed by atoms with Crippen molar-refractivity contribution >= 4 is 0 Å². The third-order valence-electron chi connectivity index (χ3n) is 9.79. The standard InChI is InChI=1S/C40H30/c1(3-5-7-9-11-13-15-17-19-39-27-33-21-34(28-39)23-35(22-33)29-39)2-4-6-8-10-12-14-16-18-20-40-30-36-24-37(31-40)26-38(25-36)32-40/h33-38H,21-32H2. The van der Waals surface area contributed by atoms with E-state index in [0.29, 0.717) is 0 Å². The van der Waals surface area contributed by atoms with Gasteiger partial charge < -0.3 is 0 Å². The van der Waals surface area contributed by atoms with E-state index in [4.69, 9.17) is 0 Å². The van der Waals surface area contributed by atoms with Gasteiger partial charge in [-0.25, -0.2) is 0 Å². The first-order chi connectivity index (χ1) is 19.7. The summed E-state index contributed by atoms with van der Waals surface area (Å²) in [6, 6.07) is 0. The smallest absolute Gasteiger partial charge is 0.0332 e. The van der Waals surface area contributed by atoms with Crippen molar-refractivity contribution in [2.75, 3.05) is 0 Å². The van der Waals surface area contributed by atoms with Crippen LogP contribution in [0, 0.1) is 165 Å². The summed E-state index contributed by atoms with van der Waals surface area (Å²) in [5.74, 6) is 61.8. The van der Waals surface area contributed by atoms with Crippen LogP contribution in [0.4, 0.5) is 0 Å². The Morgan fingerprint density at radius 1 is 0.250 bits per heavy atom.